The summed E-state index contributed by atoms with van der Waals surface area (Å²) in [5, 5.41) is 30.1. The standard InChI is InChI=1S/C2H6O2.3C2H6O.2O.Ta/c1-2-4-3;3*1-2-3;;;/h3H,2H2,1H3;3*3H,2H2,1H3;;;. The van der Waals surface area contributed by atoms with E-state index in [2.05, 4.69) is 4.89 Å². The van der Waals surface area contributed by atoms with E-state index >= 15 is 0 Å². The van der Waals surface area contributed by atoms with Gasteiger partial charge in [0.2, 0.25) is 0 Å². The molecule has 0 aromatic carbocycles. The van der Waals surface area contributed by atoms with Gasteiger partial charge in [-0.15, -0.1) is 0 Å². The van der Waals surface area contributed by atoms with Crippen LogP contribution in [0.25, 0.3) is 0 Å². The van der Waals surface area contributed by atoms with Crippen LogP contribution in [0.5, 0.6) is 0 Å². The van der Waals surface area contributed by atoms with Crippen molar-refractivity contribution in [3.63, 3.8) is 0 Å². The van der Waals surface area contributed by atoms with Crippen LogP contribution in [0.2, 0.25) is 0 Å². The Morgan fingerprint density at radius 1 is 0.875 bits per heavy atom. The molecule has 0 heterocycles. The average Bonchev–Trinajstić information content (AvgIpc) is 2.22. The summed E-state index contributed by atoms with van der Waals surface area (Å²) in [5.41, 5.74) is 0. The SMILES string of the molecule is CCO.CCO.CCO.CCOO.[O]=[Ta]=[O]. The molecular formula is C8H24O7Ta. The Morgan fingerprint density at radius 3 is 0.938 bits per heavy atom. The van der Waals surface area contributed by atoms with Gasteiger partial charge in [0.15, 0.2) is 0 Å². The van der Waals surface area contributed by atoms with Gasteiger partial charge < -0.3 is 15.3 Å². The van der Waals surface area contributed by atoms with Crippen molar-refractivity contribution >= 4 is 0 Å². The molecule has 7 nitrogen and oxygen atoms in total. The molecule has 0 radical (unpaired) electrons. The summed E-state index contributed by atoms with van der Waals surface area (Å²) >= 11 is -2.33. The molecule has 0 aliphatic carbocycles. The van der Waals surface area contributed by atoms with Crippen molar-refractivity contribution < 1.29 is 51.7 Å². The van der Waals surface area contributed by atoms with Crippen LogP contribution in [0, 0.1) is 0 Å². The van der Waals surface area contributed by atoms with Gasteiger partial charge in [-0.3, -0.25) is 5.26 Å². The van der Waals surface area contributed by atoms with Gasteiger partial charge in [0.1, 0.15) is 0 Å². The molecule has 0 spiro atoms. The Hall–Kier alpha value is 0.140. The van der Waals surface area contributed by atoms with Crippen molar-refractivity contribution in [1.29, 1.82) is 0 Å². The molecule has 0 amide bonds. The van der Waals surface area contributed by atoms with Crippen molar-refractivity contribution in [3.8, 4) is 0 Å². The second-order valence-electron chi connectivity index (χ2n) is 1.44. The second kappa shape index (κ2) is 80.3. The molecule has 0 saturated heterocycles. The Morgan fingerprint density at radius 2 is 0.938 bits per heavy atom. The zero-order chi connectivity index (χ0) is 14.2. The van der Waals surface area contributed by atoms with Crippen LogP contribution in [0.3, 0.4) is 0 Å². The second-order valence-corrected chi connectivity index (χ2v) is 1.98. The average molecular weight is 413 g/mol. The predicted octanol–water partition coefficient (Wildman–Crippen LogP) is 0.252. The molecule has 4 N–H and O–H groups in total. The summed E-state index contributed by atoms with van der Waals surface area (Å²) in [6.07, 6.45) is 0. The monoisotopic (exact) mass is 413 g/mol. The summed E-state index contributed by atoms with van der Waals surface area (Å²) in [5.74, 6) is 0. The van der Waals surface area contributed by atoms with Crippen LogP contribution in [0.4, 0.5) is 0 Å². The number of aliphatic hydroxyl groups excluding tert-OH is 3. The van der Waals surface area contributed by atoms with E-state index in [1.54, 1.807) is 27.7 Å². The zero-order valence-corrected chi connectivity index (χ0v) is 13.5. The number of hydrogen-bond acceptors (Lipinski definition) is 7. The molecule has 0 aromatic heterocycles. The molecule has 0 aliphatic heterocycles. The molecule has 0 aliphatic rings. The van der Waals surface area contributed by atoms with Gasteiger partial charge in [-0.05, 0) is 27.7 Å². The zero-order valence-electron chi connectivity index (χ0n) is 10.3. The van der Waals surface area contributed by atoms with Crippen molar-refractivity contribution in [2.45, 2.75) is 27.7 Å². The van der Waals surface area contributed by atoms with Crippen LogP contribution >= 0.6 is 0 Å². The third-order valence-electron chi connectivity index (χ3n) is 0.129. The molecule has 103 valence electrons. The van der Waals surface area contributed by atoms with E-state index in [9.17, 15) is 0 Å². The Labute approximate surface area is 106 Å². The normalized spacial score (nSPS) is 5.75. The van der Waals surface area contributed by atoms with Crippen LogP contribution < -0.4 is 0 Å². The van der Waals surface area contributed by atoms with Crippen molar-refractivity contribution in [2.75, 3.05) is 26.4 Å². The number of rotatable bonds is 1. The van der Waals surface area contributed by atoms with E-state index < -0.39 is 19.7 Å². The molecule has 0 aromatic rings. The van der Waals surface area contributed by atoms with E-state index in [0.717, 1.165) is 0 Å². The molecule has 16 heavy (non-hydrogen) atoms. The quantitative estimate of drug-likeness (QED) is 0.359. The van der Waals surface area contributed by atoms with Gasteiger partial charge >= 0.3 is 26.2 Å². The first-order valence-electron chi connectivity index (χ1n) is 4.61. The fourth-order valence-electron chi connectivity index (χ4n) is 0. The summed E-state index contributed by atoms with van der Waals surface area (Å²) in [7, 11) is 0. The number of hydrogen-bond donors (Lipinski definition) is 4. The Kier molecular flexibility index (Phi) is 150. The van der Waals surface area contributed by atoms with Gasteiger partial charge in [0.05, 0.1) is 6.61 Å². The molecule has 8 heteroatoms. The van der Waals surface area contributed by atoms with E-state index in [4.69, 9.17) is 27.1 Å². The fraction of sp³-hybridized carbons (Fsp3) is 1.00. The molecule has 0 atom stereocenters. The van der Waals surface area contributed by atoms with E-state index in [-0.39, 0.29) is 19.8 Å². The van der Waals surface area contributed by atoms with Gasteiger partial charge in [0.25, 0.3) is 0 Å². The van der Waals surface area contributed by atoms with Crippen LogP contribution in [0.15, 0.2) is 0 Å². The van der Waals surface area contributed by atoms with Gasteiger partial charge in [-0.25, -0.2) is 4.89 Å². The van der Waals surface area contributed by atoms with Crippen molar-refractivity contribution in [1.82, 2.24) is 0 Å². The minimum atomic E-state index is -2.33. The third-order valence-corrected chi connectivity index (χ3v) is 0.129. The maximum absolute atomic E-state index is 8.56. The van der Waals surface area contributed by atoms with Crippen molar-refractivity contribution in [2.24, 2.45) is 0 Å². The summed E-state index contributed by atoms with van der Waals surface area (Å²) < 4.78 is 17.1. The van der Waals surface area contributed by atoms with Gasteiger partial charge in [0, 0.05) is 19.8 Å². The van der Waals surface area contributed by atoms with Gasteiger partial charge in [-0.1, -0.05) is 0 Å². The molecule has 0 rings (SSSR count). The summed E-state index contributed by atoms with van der Waals surface area (Å²) in [6.45, 7) is 7.88. The first kappa shape index (κ1) is 29.8. The van der Waals surface area contributed by atoms with Crippen LogP contribution in [0.1, 0.15) is 27.7 Å². The minimum absolute atomic E-state index is 0.250. The number of aliphatic hydroxyl groups is 3. The topological polar surface area (TPSA) is 124 Å². The molecule has 0 bridgehead atoms. The fourth-order valence-corrected chi connectivity index (χ4v) is 0. The summed E-state index contributed by atoms with van der Waals surface area (Å²) in [4.78, 5) is 3.54. The molecule has 0 saturated carbocycles. The molecule has 0 fully saturated rings. The summed E-state index contributed by atoms with van der Waals surface area (Å²) in [6, 6.07) is 0. The molecular weight excluding hydrogens is 389 g/mol. The maximum atomic E-state index is 8.56. The van der Waals surface area contributed by atoms with Crippen LogP contribution in [-0.2, 0) is 31.1 Å². The van der Waals surface area contributed by atoms with E-state index in [1.807, 2.05) is 0 Å². The first-order valence-corrected chi connectivity index (χ1v) is 7.24. The first-order chi connectivity index (χ1) is 7.57. The van der Waals surface area contributed by atoms with Gasteiger partial charge in [-0.2, -0.15) is 0 Å². The Bertz CT molecular complexity index is 79.7. The van der Waals surface area contributed by atoms with Crippen molar-refractivity contribution in [3.05, 3.63) is 0 Å². The van der Waals surface area contributed by atoms with E-state index in [0.29, 0.717) is 6.61 Å². The van der Waals surface area contributed by atoms with E-state index in [1.165, 1.54) is 0 Å². The molecule has 0 unspecified atom stereocenters. The third kappa shape index (κ3) is 1880. The predicted molar refractivity (Wildman–Crippen MR) is 53.9 cm³/mol. The van der Waals surface area contributed by atoms with Crippen LogP contribution in [-0.4, -0.2) is 47.0 Å². The Balaban J connectivity index is -0.0000000317.